The SMILES string of the molecule is CSC1CCC(NC2CC(=O)NC2=O)CC1. The zero-order valence-electron chi connectivity index (χ0n) is 9.49. The maximum absolute atomic E-state index is 11.4. The molecule has 0 aromatic carbocycles. The van der Waals surface area contributed by atoms with E-state index in [1.54, 1.807) is 0 Å². The fourth-order valence-corrected chi connectivity index (χ4v) is 3.18. The fraction of sp³-hybridized carbons (Fsp3) is 0.818. The second kappa shape index (κ2) is 5.19. The molecule has 0 aromatic heterocycles. The van der Waals surface area contributed by atoms with Gasteiger partial charge in [-0.1, -0.05) is 0 Å². The number of carbonyl (C=O) groups is 2. The minimum absolute atomic E-state index is 0.153. The number of amides is 2. The zero-order chi connectivity index (χ0) is 11.5. The summed E-state index contributed by atoms with van der Waals surface area (Å²) in [5, 5.41) is 6.41. The van der Waals surface area contributed by atoms with Crippen LogP contribution >= 0.6 is 11.8 Å². The molecular weight excluding hydrogens is 224 g/mol. The van der Waals surface area contributed by atoms with Crippen molar-refractivity contribution in [2.45, 2.75) is 49.4 Å². The van der Waals surface area contributed by atoms with E-state index in [0.717, 1.165) is 18.1 Å². The molecule has 5 heteroatoms. The summed E-state index contributed by atoms with van der Waals surface area (Å²) in [6.07, 6.45) is 7.11. The smallest absolute Gasteiger partial charge is 0.244 e. The topological polar surface area (TPSA) is 58.2 Å². The van der Waals surface area contributed by atoms with Crippen molar-refractivity contribution in [1.82, 2.24) is 10.6 Å². The molecule has 4 nitrogen and oxygen atoms in total. The highest BCUT2D eigenvalue weighted by Gasteiger charge is 2.32. The van der Waals surface area contributed by atoms with Crippen LogP contribution in [0.25, 0.3) is 0 Å². The van der Waals surface area contributed by atoms with Crippen molar-refractivity contribution >= 4 is 23.6 Å². The molecule has 2 amide bonds. The number of thioether (sulfide) groups is 1. The number of carbonyl (C=O) groups excluding carboxylic acids is 2. The highest BCUT2D eigenvalue weighted by atomic mass is 32.2. The standard InChI is InChI=1S/C11H18N2O2S/c1-16-8-4-2-7(3-5-8)12-9-6-10(14)13-11(9)15/h7-9,12H,2-6H2,1H3,(H,13,14,15). The van der Waals surface area contributed by atoms with Crippen molar-refractivity contribution in [2.24, 2.45) is 0 Å². The van der Waals surface area contributed by atoms with E-state index in [-0.39, 0.29) is 17.9 Å². The molecule has 1 unspecified atom stereocenters. The van der Waals surface area contributed by atoms with Crippen molar-refractivity contribution in [1.29, 1.82) is 0 Å². The van der Waals surface area contributed by atoms with Crippen LogP contribution in [0.15, 0.2) is 0 Å². The molecule has 1 heterocycles. The molecule has 0 aromatic rings. The Morgan fingerprint density at radius 3 is 2.44 bits per heavy atom. The maximum atomic E-state index is 11.4. The Bertz CT molecular complexity index is 288. The Kier molecular flexibility index (Phi) is 3.86. The molecule has 1 aliphatic heterocycles. The molecule has 0 bridgehead atoms. The lowest BCUT2D eigenvalue weighted by Gasteiger charge is -2.29. The van der Waals surface area contributed by atoms with E-state index in [9.17, 15) is 9.59 Å². The van der Waals surface area contributed by atoms with Gasteiger partial charge in [0.1, 0.15) is 0 Å². The van der Waals surface area contributed by atoms with Crippen LogP contribution in [0.3, 0.4) is 0 Å². The van der Waals surface area contributed by atoms with Gasteiger partial charge < -0.3 is 5.32 Å². The Balaban J connectivity index is 1.78. The monoisotopic (exact) mass is 242 g/mol. The molecule has 2 fully saturated rings. The lowest BCUT2D eigenvalue weighted by molar-refractivity contribution is -0.125. The van der Waals surface area contributed by atoms with E-state index in [0.29, 0.717) is 12.5 Å². The van der Waals surface area contributed by atoms with Crippen LogP contribution in [0.2, 0.25) is 0 Å². The number of rotatable bonds is 3. The molecular formula is C11H18N2O2S. The van der Waals surface area contributed by atoms with E-state index < -0.39 is 0 Å². The first-order chi connectivity index (χ1) is 7.69. The first-order valence-corrected chi connectivity index (χ1v) is 7.10. The highest BCUT2D eigenvalue weighted by molar-refractivity contribution is 7.99. The van der Waals surface area contributed by atoms with Gasteiger partial charge in [0.2, 0.25) is 11.8 Å². The van der Waals surface area contributed by atoms with E-state index in [2.05, 4.69) is 16.9 Å². The molecule has 0 radical (unpaired) electrons. The summed E-state index contributed by atoms with van der Waals surface area (Å²) in [6.45, 7) is 0. The zero-order valence-corrected chi connectivity index (χ0v) is 10.3. The van der Waals surface area contributed by atoms with Crippen molar-refractivity contribution in [3.8, 4) is 0 Å². The van der Waals surface area contributed by atoms with Crippen LogP contribution in [0.1, 0.15) is 32.1 Å². The van der Waals surface area contributed by atoms with Crippen LogP contribution in [0.5, 0.6) is 0 Å². The predicted molar refractivity (Wildman–Crippen MR) is 64.2 cm³/mol. The van der Waals surface area contributed by atoms with Crippen molar-refractivity contribution in [3.05, 3.63) is 0 Å². The largest absolute Gasteiger partial charge is 0.303 e. The van der Waals surface area contributed by atoms with E-state index in [1.807, 2.05) is 11.8 Å². The molecule has 1 saturated carbocycles. The summed E-state index contributed by atoms with van der Waals surface area (Å²) in [7, 11) is 0. The first-order valence-electron chi connectivity index (χ1n) is 5.81. The van der Waals surface area contributed by atoms with Gasteiger partial charge in [-0.05, 0) is 31.9 Å². The summed E-state index contributed by atoms with van der Waals surface area (Å²) in [5.41, 5.74) is 0. The predicted octanol–water partition coefficient (Wildman–Crippen LogP) is 0.665. The Labute approximate surface area is 99.9 Å². The third-order valence-corrected chi connectivity index (χ3v) is 4.55. The van der Waals surface area contributed by atoms with Gasteiger partial charge in [-0.25, -0.2) is 0 Å². The lowest BCUT2D eigenvalue weighted by atomic mass is 9.94. The summed E-state index contributed by atoms with van der Waals surface area (Å²) in [6, 6.07) is 0.119. The third-order valence-electron chi connectivity index (χ3n) is 3.41. The molecule has 16 heavy (non-hydrogen) atoms. The maximum Gasteiger partial charge on any atom is 0.244 e. The third kappa shape index (κ3) is 2.77. The molecule has 1 saturated heterocycles. The molecule has 90 valence electrons. The molecule has 1 aliphatic carbocycles. The molecule has 1 atom stereocenters. The van der Waals surface area contributed by atoms with Gasteiger partial charge in [-0.2, -0.15) is 11.8 Å². The van der Waals surface area contributed by atoms with Gasteiger partial charge in [-0.3, -0.25) is 14.9 Å². The van der Waals surface area contributed by atoms with Crippen LogP contribution in [0, 0.1) is 0 Å². The second-order valence-electron chi connectivity index (χ2n) is 4.55. The number of hydrogen-bond donors (Lipinski definition) is 2. The van der Waals surface area contributed by atoms with E-state index in [4.69, 9.17) is 0 Å². The van der Waals surface area contributed by atoms with E-state index >= 15 is 0 Å². The summed E-state index contributed by atoms with van der Waals surface area (Å²) in [4.78, 5) is 22.4. The average Bonchev–Trinajstić information content (AvgIpc) is 2.59. The van der Waals surface area contributed by atoms with Crippen LogP contribution < -0.4 is 10.6 Å². The normalized spacial score (nSPS) is 35.2. The first kappa shape index (κ1) is 11.9. The van der Waals surface area contributed by atoms with Crippen molar-refractivity contribution in [3.63, 3.8) is 0 Å². The fourth-order valence-electron chi connectivity index (χ4n) is 2.44. The van der Waals surface area contributed by atoms with Gasteiger partial charge in [0.25, 0.3) is 0 Å². The van der Waals surface area contributed by atoms with Gasteiger partial charge >= 0.3 is 0 Å². The summed E-state index contributed by atoms with van der Waals surface area (Å²) in [5.74, 6) is -0.308. The Morgan fingerprint density at radius 2 is 1.94 bits per heavy atom. The number of hydrogen-bond acceptors (Lipinski definition) is 4. The average molecular weight is 242 g/mol. The van der Waals surface area contributed by atoms with Gasteiger partial charge in [0.05, 0.1) is 12.5 Å². The van der Waals surface area contributed by atoms with Gasteiger partial charge in [-0.15, -0.1) is 0 Å². The van der Waals surface area contributed by atoms with Crippen molar-refractivity contribution in [2.75, 3.05) is 6.26 Å². The molecule has 2 N–H and O–H groups in total. The van der Waals surface area contributed by atoms with Crippen LogP contribution in [-0.4, -0.2) is 35.4 Å². The molecule has 2 rings (SSSR count). The quantitative estimate of drug-likeness (QED) is 0.714. The number of imide groups is 1. The minimum atomic E-state index is -0.289. The van der Waals surface area contributed by atoms with Gasteiger partial charge in [0.15, 0.2) is 0 Å². The van der Waals surface area contributed by atoms with Crippen LogP contribution in [0.4, 0.5) is 0 Å². The van der Waals surface area contributed by atoms with Gasteiger partial charge in [0, 0.05) is 11.3 Å². The Hall–Kier alpha value is -0.550. The molecule has 2 aliphatic rings. The summed E-state index contributed by atoms with van der Waals surface area (Å²) >= 11 is 1.93. The number of nitrogens with one attached hydrogen (secondary N) is 2. The Morgan fingerprint density at radius 1 is 1.25 bits per heavy atom. The highest BCUT2D eigenvalue weighted by Crippen LogP contribution is 2.27. The minimum Gasteiger partial charge on any atom is -0.303 e. The lowest BCUT2D eigenvalue weighted by Crippen LogP contribution is -2.44. The second-order valence-corrected chi connectivity index (χ2v) is 5.68. The molecule has 0 spiro atoms. The van der Waals surface area contributed by atoms with E-state index in [1.165, 1.54) is 12.8 Å². The van der Waals surface area contributed by atoms with Crippen LogP contribution in [-0.2, 0) is 9.59 Å². The summed E-state index contributed by atoms with van der Waals surface area (Å²) < 4.78 is 0. The van der Waals surface area contributed by atoms with Crippen molar-refractivity contribution < 1.29 is 9.59 Å².